The van der Waals surface area contributed by atoms with Gasteiger partial charge in [-0.15, -0.1) is 0 Å². The number of nitrogens with zero attached hydrogens (tertiary/aromatic N) is 2. The van der Waals surface area contributed by atoms with Crippen LogP contribution < -0.4 is 0 Å². The quantitative estimate of drug-likeness (QED) is 0.854. The highest BCUT2D eigenvalue weighted by atomic mass is 35.5. The van der Waals surface area contributed by atoms with Crippen molar-refractivity contribution in [3.63, 3.8) is 0 Å². The minimum absolute atomic E-state index is 0.253. The molecule has 0 N–H and O–H groups in total. The Hall–Kier alpha value is -0.710. The Balaban J connectivity index is 1.64. The molecule has 1 unspecified atom stereocenters. The zero-order chi connectivity index (χ0) is 14.7. The molecule has 0 radical (unpaired) electrons. The van der Waals surface area contributed by atoms with Gasteiger partial charge in [0, 0.05) is 49.4 Å². The lowest BCUT2D eigenvalue weighted by atomic mass is 10.2. The predicted molar refractivity (Wildman–Crippen MR) is 88.8 cm³/mol. The zero-order valence-corrected chi connectivity index (χ0v) is 13.7. The average Bonchev–Trinajstić information content (AvgIpc) is 2.95. The van der Waals surface area contributed by atoms with Gasteiger partial charge in [-0.25, -0.2) is 0 Å². The smallest absolute Gasteiger partial charge is 0.224 e. The van der Waals surface area contributed by atoms with E-state index in [9.17, 15) is 4.79 Å². The summed E-state index contributed by atoms with van der Waals surface area (Å²) in [7, 11) is 0. The molecule has 3 rings (SSSR count). The second-order valence-electron chi connectivity index (χ2n) is 5.71. The van der Waals surface area contributed by atoms with E-state index in [4.69, 9.17) is 11.6 Å². The van der Waals surface area contributed by atoms with Crippen LogP contribution in [0.5, 0.6) is 0 Å². The average molecular weight is 325 g/mol. The van der Waals surface area contributed by atoms with Crippen LogP contribution in [0.2, 0.25) is 5.02 Å². The molecule has 0 aliphatic carbocycles. The molecule has 2 aliphatic rings. The number of carbonyl (C=O) groups is 1. The Labute approximate surface area is 135 Å². The van der Waals surface area contributed by atoms with Gasteiger partial charge >= 0.3 is 0 Å². The van der Waals surface area contributed by atoms with Gasteiger partial charge in [0.1, 0.15) is 0 Å². The van der Waals surface area contributed by atoms with Gasteiger partial charge in [0.25, 0.3) is 0 Å². The maximum atomic E-state index is 12.3. The number of hydrogen-bond donors (Lipinski definition) is 0. The minimum Gasteiger partial charge on any atom is -0.337 e. The first-order valence-electron chi connectivity index (χ1n) is 7.57. The monoisotopic (exact) mass is 324 g/mol. The van der Waals surface area contributed by atoms with Crippen LogP contribution in [-0.4, -0.2) is 52.9 Å². The third-order valence-electron chi connectivity index (χ3n) is 4.36. The summed E-state index contributed by atoms with van der Waals surface area (Å²) < 4.78 is 0. The molecule has 2 saturated heterocycles. The van der Waals surface area contributed by atoms with Gasteiger partial charge in [-0.3, -0.25) is 9.69 Å². The highest BCUT2D eigenvalue weighted by Crippen LogP contribution is 2.24. The molecule has 2 heterocycles. The predicted octanol–water partition coefficient (Wildman–Crippen LogP) is 2.88. The third kappa shape index (κ3) is 3.74. The molecule has 0 bridgehead atoms. The van der Waals surface area contributed by atoms with E-state index >= 15 is 0 Å². The van der Waals surface area contributed by atoms with Gasteiger partial charge in [-0.05, 0) is 23.8 Å². The number of hydrogen-bond acceptors (Lipinski definition) is 3. The zero-order valence-electron chi connectivity index (χ0n) is 12.1. The number of halogens is 1. The Kier molecular flexibility index (Phi) is 5.09. The van der Waals surface area contributed by atoms with Crippen LogP contribution in [0, 0.1) is 0 Å². The van der Waals surface area contributed by atoms with Gasteiger partial charge in [-0.2, -0.15) is 11.8 Å². The fourth-order valence-electron chi connectivity index (χ4n) is 3.06. The molecule has 1 atom stereocenters. The van der Waals surface area contributed by atoms with Crippen LogP contribution in [0.25, 0.3) is 0 Å². The SMILES string of the molecule is O=C1CCN(C2CCSC2)CCN1Cc1ccccc1Cl. The molecule has 21 heavy (non-hydrogen) atoms. The van der Waals surface area contributed by atoms with Crippen LogP contribution in [0.15, 0.2) is 24.3 Å². The number of thioether (sulfide) groups is 1. The Morgan fingerprint density at radius 3 is 2.86 bits per heavy atom. The summed E-state index contributed by atoms with van der Waals surface area (Å²) in [4.78, 5) is 16.8. The Morgan fingerprint density at radius 2 is 2.10 bits per heavy atom. The first-order valence-corrected chi connectivity index (χ1v) is 9.10. The van der Waals surface area contributed by atoms with E-state index < -0.39 is 0 Å². The summed E-state index contributed by atoms with van der Waals surface area (Å²) in [5.74, 6) is 2.74. The summed E-state index contributed by atoms with van der Waals surface area (Å²) in [6.07, 6.45) is 1.90. The van der Waals surface area contributed by atoms with Gasteiger partial charge in [0.05, 0.1) is 0 Å². The topological polar surface area (TPSA) is 23.6 Å². The van der Waals surface area contributed by atoms with E-state index in [2.05, 4.69) is 4.90 Å². The highest BCUT2D eigenvalue weighted by molar-refractivity contribution is 7.99. The van der Waals surface area contributed by atoms with Crippen LogP contribution in [0.3, 0.4) is 0 Å². The van der Waals surface area contributed by atoms with E-state index in [1.54, 1.807) is 0 Å². The standard InChI is InChI=1S/C16H21ClN2OS/c17-15-4-2-1-3-13(15)11-19-9-8-18(7-5-16(19)20)14-6-10-21-12-14/h1-4,14H,5-12H2. The largest absolute Gasteiger partial charge is 0.337 e. The second-order valence-corrected chi connectivity index (χ2v) is 7.27. The maximum Gasteiger partial charge on any atom is 0.224 e. The first kappa shape index (κ1) is 15.2. The summed E-state index contributed by atoms with van der Waals surface area (Å²) in [5, 5.41) is 0.749. The van der Waals surface area contributed by atoms with Crippen molar-refractivity contribution >= 4 is 29.3 Å². The van der Waals surface area contributed by atoms with Crippen molar-refractivity contribution in [2.24, 2.45) is 0 Å². The minimum atomic E-state index is 0.253. The van der Waals surface area contributed by atoms with Gasteiger partial charge in [0.2, 0.25) is 5.91 Å². The molecule has 0 aromatic heterocycles. The van der Waals surface area contributed by atoms with Gasteiger partial charge in [0.15, 0.2) is 0 Å². The number of amides is 1. The summed E-state index contributed by atoms with van der Waals surface area (Å²) in [6, 6.07) is 8.47. The molecular formula is C16H21ClN2OS. The molecule has 0 spiro atoms. The van der Waals surface area contributed by atoms with Gasteiger partial charge in [-0.1, -0.05) is 29.8 Å². The lowest BCUT2D eigenvalue weighted by molar-refractivity contribution is -0.130. The number of carbonyl (C=O) groups excluding carboxylic acids is 1. The molecule has 1 amide bonds. The summed E-state index contributed by atoms with van der Waals surface area (Å²) >= 11 is 8.24. The van der Waals surface area contributed by atoms with Crippen molar-refractivity contribution in [1.82, 2.24) is 9.80 Å². The molecule has 1 aromatic rings. The van der Waals surface area contributed by atoms with Crippen LogP contribution in [0.4, 0.5) is 0 Å². The Bertz CT molecular complexity index is 505. The van der Waals surface area contributed by atoms with Crippen molar-refractivity contribution in [2.45, 2.75) is 25.4 Å². The fraction of sp³-hybridized carbons (Fsp3) is 0.562. The van der Waals surface area contributed by atoms with Crippen molar-refractivity contribution in [3.05, 3.63) is 34.9 Å². The van der Waals surface area contributed by atoms with Crippen molar-refractivity contribution < 1.29 is 4.79 Å². The van der Waals surface area contributed by atoms with E-state index in [0.717, 1.165) is 30.2 Å². The molecule has 114 valence electrons. The van der Waals surface area contributed by atoms with Crippen molar-refractivity contribution in [1.29, 1.82) is 0 Å². The molecule has 5 heteroatoms. The summed E-state index contributed by atoms with van der Waals surface area (Å²) in [6.45, 7) is 3.33. The molecule has 3 nitrogen and oxygen atoms in total. The normalized spacial score (nSPS) is 24.3. The van der Waals surface area contributed by atoms with Crippen LogP contribution in [-0.2, 0) is 11.3 Å². The maximum absolute atomic E-state index is 12.3. The van der Waals surface area contributed by atoms with E-state index in [0.29, 0.717) is 19.0 Å². The molecule has 1 aromatic carbocycles. The molecule has 2 aliphatic heterocycles. The van der Waals surface area contributed by atoms with E-state index in [-0.39, 0.29) is 5.91 Å². The lowest BCUT2D eigenvalue weighted by Gasteiger charge is -2.26. The van der Waals surface area contributed by atoms with Crippen LogP contribution in [0.1, 0.15) is 18.4 Å². The van der Waals surface area contributed by atoms with Crippen molar-refractivity contribution in [2.75, 3.05) is 31.1 Å². The second kappa shape index (κ2) is 7.03. The third-order valence-corrected chi connectivity index (χ3v) is 5.88. The summed E-state index contributed by atoms with van der Waals surface area (Å²) in [5.41, 5.74) is 1.04. The molecular weight excluding hydrogens is 304 g/mol. The van der Waals surface area contributed by atoms with Gasteiger partial charge < -0.3 is 4.90 Å². The Morgan fingerprint density at radius 1 is 1.24 bits per heavy atom. The first-order chi connectivity index (χ1) is 10.2. The number of rotatable bonds is 3. The van der Waals surface area contributed by atoms with E-state index in [1.807, 2.05) is 40.9 Å². The lowest BCUT2D eigenvalue weighted by Crippen LogP contribution is -2.38. The number of benzene rings is 1. The van der Waals surface area contributed by atoms with Crippen LogP contribution >= 0.6 is 23.4 Å². The van der Waals surface area contributed by atoms with E-state index in [1.165, 1.54) is 17.9 Å². The molecule has 2 fully saturated rings. The highest BCUT2D eigenvalue weighted by Gasteiger charge is 2.27. The fourth-order valence-corrected chi connectivity index (χ4v) is 4.51. The van der Waals surface area contributed by atoms with Crippen molar-refractivity contribution in [3.8, 4) is 0 Å². The molecule has 0 saturated carbocycles.